The zero-order valence-electron chi connectivity index (χ0n) is 10.0. The van der Waals surface area contributed by atoms with Crippen molar-refractivity contribution in [3.8, 4) is 0 Å². The number of rotatable bonds is 1. The molecule has 17 heavy (non-hydrogen) atoms. The molecule has 0 bridgehead atoms. The van der Waals surface area contributed by atoms with Crippen LogP contribution in [-0.4, -0.2) is 33.2 Å². The number of cyclic esters (lactones) is 1. The fraction of sp³-hybridized carbons (Fsp3) is 0.909. The fourth-order valence-electron chi connectivity index (χ4n) is 2.98. The van der Waals surface area contributed by atoms with Gasteiger partial charge in [-0.3, -0.25) is 9.00 Å². The normalized spacial score (nSPS) is 46.2. The van der Waals surface area contributed by atoms with Gasteiger partial charge >= 0.3 is 5.97 Å². The predicted octanol–water partition coefficient (Wildman–Crippen LogP) is 1.73. The van der Waals surface area contributed by atoms with Crippen LogP contribution < -0.4 is 0 Å². The number of carbonyl (C=O) groups is 1. The summed E-state index contributed by atoms with van der Waals surface area (Å²) in [5.41, 5.74) is 0. The van der Waals surface area contributed by atoms with Crippen LogP contribution >= 0.6 is 0 Å². The Morgan fingerprint density at radius 3 is 2.53 bits per heavy atom. The molecule has 5 atom stereocenters. The van der Waals surface area contributed by atoms with Crippen LogP contribution in [0.15, 0.2) is 0 Å². The number of carbonyl (C=O) groups excluding carboxylic acids is 1. The minimum atomic E-state index is -2.95. The topological polar surface area (TPSA) is 43.4 Å². The largest absolute Gasteiger partial charge is 0.461 e. The maximum Gasteiger partial charge on any atom is 0.325 e. The SMILES string of the molecule is CC1OC(=O)C2(S(C)=O)CC(F)(F)C(C)CC12. The number of hydrogen-bond acceptors (Lipinski definition) is 3. The van der Waals surface area contributed by atoms with E-state index in [1.54, 1.807) is 6.92 Å². The summed E-state index contributed by atoms with van der Waals surface area (Å²) >= 11 is 0. The average molecular weight is 266 g/mol. The molecule has 0 radical (unpaired) electrons. The molecule has 1 aliphatic carbocycles. The minimum absolute atomic E-state index is 0.180. The van der Waals surface area contributed by atoms with Crippen molar-refractivity contribution in [1.82, 2.24) is 0 Å². The third kappa shape index (κ3) is 1.63. The zero-order valence-corrected chi connectivity index (χ0v) is 10.9. The molecule has 1 aliphatic heterocycles. The van der Waals surface area contributed by atoms with Gasteiger partial charge in [-0.1, -0.05) is 6.92 Å². The smallest absolute Gasteiger partial charge is 0.325 e. The van der Waals surface area contributed by atoms with Crippen LogP contribution in [0.5, 0.6) is 0 Å². The summed E-state index contributed by atoms with van der Waals surface area (Å²) in [6.07, 6.45) is 0.417. The van der Waals surface area contributed by atoms with E-state index >= 15 is 0 Å². The predicted molar refractivity (Wildman–Crippen MR) is 59.2 cm³/mol. The summed E-state index contributed by atoms with van der Waals surface area (Å²) in [7, 11) is -1.65. The van der Waals surface area contributed by atoms with E-state index in [0.29, 0.717) is 0 Å². The van der Waals surface area contributed by atoms with Gasteiger partial charge in [-0.25, -0.2) is 8.78 Å². The summed E-state index contributed by atoms with van der Waals surface area (Å²) < 4.78 is 43.0. The molecule has 0 aromatic heterocycles. The summed E-state index contributed by atoms with van der Waals surface area (Å²) in [4.78, 5) is 11.8. The summed E-state index contributed by atoms with van der Waals surface area (Å²) in [6, 6.07) is 0. The monoisotopic (exact) mass is 266 g/mol. The second-order valence-corrected chi connectivity index (χ2v) is 6.77. The van der Waals surface area contributed by atoms with Crippen LogP contribution in [0.3, 0.4) is 0 Å². The Morgan fingerprint density at radius 1 is 1.41 bits per heavy atom. The molecule has 98 valence electrons. The van der Waals surface area contributed by atoms with Gasteiger partial charge in [-0.2, -0.15) is 0 Å². The maximum absolute atomic E-state index is 13.8. The van der Waals surface area contributed by atoms with Gasteiger partial charge in [0.25, 0.3) is 5.92 Å². The number of ether oxygens (including phenoxy) is 1. The molecule has 6 heteroatoms. The molecule has 2 aliphatic rings. The van der Waals surface area contributed by atoms with E-state index in [0.717, 1.165) is 0 Å². The maximum atomic E-state index is 13.8. The first-order valence-corrected chi connectivity index (χ1v) is 7.20. The average Bonchev–Trinajstić information content (AvgIpc) is 2.41. The van der Waals surface area contributed by atoms with Gasteiger partial charge in [-0.05, 0) is 13.3 Å². The molecule has 0 aromatic carbocycles. The Balaban J connectivity index is 2.47. The van der Waals surface area contributed by atoms with E-state index in [4.69, 9.17) is 4.74 Å². The number of esters is 1. The van der Waals surface area contributed by atoms with E-state index in [2.05, 4.69) is 0 Å². The molecule has 5 unspecified atom stereocenters. The molecule has 0 spiro atoms. The molecule has 2 rings (SSSR count). The Hall–Kier alpha value is -0.520. The molecule has 0 N–H and O–H groups in total. The standard InChI is InChI=1S/C11H16F2O3S/c1-6-4-8-7(2)16-9(14)10(8,17(3)15)5-11(6,12)13/h6-8H,4-5H2,1-3H3. The first-order chi connectivity index (χ1) is 7.71. The highest BCUT2D eigenvalue weighted by atomic mass is 32.2. The molecule has 1 saturated carbocycles. The first kappa shape index (κ1) is 12.9. The van der Waals surface area contributed by atoms with Crippen molar-refractivity contribution in [1.29, 1.82) is 0 Å². The van der Waals surface area contributed by atoms with Gasteiger partial charge in [0, 0.05) is 35.3 Å². The lowest BCUT2D eigenvalue weighted by Gasteiger charge is -2.41. The molecule has 0 aromatic rings. The Kier molecular flexibility index (Phi) is 2.84. The molecule has 0 amide bonds. The van der Waals surface area contributed by atoms with Gasteiger partial charge in [-0.15, -0.1) is 0 Å². The Bertz CT molecular complexity index is 385. The van der Waals surface area contributed by atoms with Crippen LogP contribution in [0.1, 0.15) is 26.7 Å². The molecule has 1 heterocycles. The summed E-state index contributed by atoms with van der Waals surface area (Å²) in [5.74, 6) is -4.84. The van der Waals surface area contributed by atoms with Gasteiger partial charge in [0.15, 0.2) is 4.75 Å². The number of halogens is 2. The summed E-state index contributed by atoms with van der Waals surface area (Å²) in [5, 5.41) is 0. The Morgan fingerprint density at radius 2 is 2.00 bits per heavy atom. The van der Waals surface area contributed by atoms with E-state index < -0.39 is 45.9 Å². The lowest BCUT2D eigenvalue weighted by Crippen LogP contribution is -2.55. The van der Waals surface area contributed by atoms with Crippen molar-refractivity contribution in [2.45, 2.75) is 43.5 Å². The first-order valence-electron chi connectivity index (χ1n) is 5.64. The number of fused-ring (bicyclic) bond motifs is 1. The van der Waals surface area contributed by atoms with Gasteiger partial charge in [0.2, 0.25) is 0 Å². The molecule has 1 saturated heterocycles. The number of alkyl halides is 2. The third-order valence-electron chi connectivity index (χ3n) is 4.14. The van der Waals surface area contributed by atoms with Crippen LogP contribution in [0.4, 0.5) is 8.78 Å². The lowest BCUT2D eigenvalue weighted by molar-refractivity contribution is -0.146. The van der Waals surface area contributed by atoms with Crippen molar-refractivity contribution in [2.75, 3.05) is 6.26 Å². The van der Waals surface area contributed by atoms with E-state index in [-0.39, 0.29) is 12.3 Å². The summed E-state index contributed by atoms with van der Waals surface area (Å²) in [6.45, 7) is 3.16. The molecular weight excluding hydrogens is 250 g/mol. The van der Waals surface area contributed by atoms with Crippen LogP contribution in [0.2, 0.25) is 0 Å². The van der Waals surface area contributed by atoms with Crippen molar-refractivity contribution in [3.63, 3.8) is 0 Å². The second-order valence-electron chi connectivity index (χ2n) is 5.14. The van der Waals surface area contributed by atoms with Crippen molar-refractivity contribution < 1.29 is 22.5 Å². The third-order valence-corrected chi connectivity index (χ3v) is 5.78. The van der Waals surface area contributed by atoms with Crippen LogP contribution in [0, 0.1) is 11.8 Å². The number of hydrogen-bond donors (Lipinski definition) is 0. The molecular formula is C11H16F2O3S. The highest BCUT2D eigenvalue weighted by Crippen LogP contribution is 2.53. The highest BCUT2D eigenvalue weighted by Gasteiger charge is 2.67. The van der Waals surface area contributed by atoms with Crippen molar-refractivity contribution in [3.05, 3.63) is 0 Å². The van der Waals surface area contributed by atoms with Gasteiger partial charge < -0.3 is 4.74 Å². The van der Waals surface area contributed by atoms with Gasteiger partial charge in [0.05, 0.1) is 0 Å². The van der Waals surface area contributed by atoms with Gasteiger partial charge in [0.1, 0.15) is 6.10 Å². The lowest BCUT2D eigenvalue weighted by atomic mass is 9.71. The molecule has 2 fully saturated rings. The quantitative estimate of drug-likeness (QED) is 0.679. The fourth-order valence-corrected chi connectivity index (χ4v) is 4.37. The van der Waals surface area contributed by atoms with Crippen LogP contribution in [0.25, 0.3) is 0 Å². The second kappa shape index (κ2) is 3.73. The minimum Gasteiger partial charge on any atom is -0.461 e. The van der Waals surface area contributed by atoms with Crippen molar-refractivity contribution >= 4 is 16.8 Å². The Labute approximate surface area is 101 Å². The van der Waals surface area contributed by atoms with E-state index in [9.17, 15) is 17.8 Å². The molecule has 3 nitrogen and oxygen atoms in total. The highest BCUT2D eigenvalue weighted by molar-refractivity contribution is 7.86. The van der Waals surface area contributed by atoms with Crippen molar-refractivity contribution in [2.24, 2.45) is 11.8 Å². The van der Waals surface area contributed by atoms with Crippen LogP contribution in [-0.2, 0) is 20.3 Å². The zero-order chi connectivity index (χ0) is 13.0. The van der Waals surface area contributed by atoms with E-state index in [1.807, 2.05) is 0 Å². The van der Waals surface area contributed by atoms with E-state index in [1.165, 1.54) is 13.2 Å².